The number of hydrogen-bond acceptors (Lipinski definition) is 7. The van der Waals surface area contributed by atoms with Gasteiger partial charge in [-0.3, -0.25) is 4.57 Å². The van der Waals surface area contributed by atoms with E-state index in [0.29, 0.717) is 10.3 Å². The van der Waals surface area contributed by atoms with Crippen LogP contribution in [0.3, 0.4) is 0 Å². The van der Waals surface area contributed by atoms with E-state index in [1.165, 1.54) is 6.20 Å². The molecule has 22 heavy (non-hydrogen) atoms. The second-order valence-electron chi connectivity index (χ2n) is 5.53. The molecule has 0 bridgehead atoms. The van der Waals surface area contributed by atoms with Crippen LogP contribution in [0.25, 0.3) is 0 Å². The van der Waals surface area contributed by atoms with Crippen LogP contribution in [0.4, 0.5) is 5.82 Å². The molecular weight excluding hydrogens is 358 g/mol. The van der Waals surface area contributed by atoms with Crippen LogP contribution in [0.15, 0.2) is 15.5 Å². The SMILES string of the molecule is O=c1nc(N2CCCC2)c(Br)cn1[C@@H]1O[C@H](CO)[C@@H](O)[C@@H]1O. The van der Waals surface area contributed by atoms with Crippen LogP contribution in [0, 0.1) is 0 Å². The van der Waals surface area contributed by atoms with E-state index < -0.39 is 36.8 Å². The maximum Gasteiger partial charge on any atom is 0.351 e. The van der Waals surface area contributed by atoms with Crippen LogP contribution < -0.4 is 10.6 Å². The molecule has 2 saturated heterocycles. The number of rotatable bonds is 3. The van der Waals surface area contributed by atoms with Gasteiger partial charge in [0, 0.05) is 19.3 Å². The molecule has 0 spiro atoms. The highest BCUT2D eigenvalue weighted by molar-refractivity contribution is 9.10. The minimum atomic E-state index is -1.30. The first-order chi connectivity index (χ1) is 10.5. The van der Waals surface area contributed by atoms with Gasteiger partial charge >= 0.3 is 5.69 Å². The lowest BCUT2D eigenvalue weighted by Crippen LogP contribution is -2.36. The minimum absolute atomic E-state index is 0.441. The van der Waals surface area contributed by atoms with Gasteiger partial charge in [0.25, 0.3) is 0 Å². The molecule has 4 atom stereocenters. The van der Waals surface area contributed by atoms with Crippen LogP contribution in [-0.4, -0.2) is 62.9 Å². The maximum atomic E-state index is 12.3. The van der Waals surface area contributed by atoms with E-state index in [2.05, 4.69) is 20.9 Å². The summed E-state index contributed by atoms with van der Waals surface area (Å²) < 4.78 is 7.11. The van der Waals surface area contributed by atoms with E-state index in [1.54, 1.807) is 0 Å². The average Bonchev–Trinajstić information content (AvgIpc) is 3.12. The number of halogens is 1. The van der Waals surface area contributed by atoms with Crippen molar-refractivity contribution >= 4 is 21.7 Å². The fraction of sp³-hybridized carbons (Fsp3) is 0.692. The van der Waals surface area contributed by atoms with E-state index in [9.17, 15) is 15.0 Å². The molecule has 2 aliphatic heterocycles. The number of nitrogens with zero attached hydrogens (tertiary/aromatic N) is 3. The summed E-state index contributed by atoms with van der Waals surface area (Å²) in [5, 5.41) is 28.9. The molecule has 122 valence electrons. The number of anilines is 1. The summed E-state index contributed by atoms with van der Waals surface area (Å²) in [6.07, 6.45) is -0.929. The van der Waals surface area contributed by atoms with Gasteiger partial charge in [0.15, 0.2) is 6.23 Å². The van der Waals surface area contributed by atoms with Crippen LogP contribution in [0.1, 0.15) is 19.1 Å². The van der Waals surface area contributed by atoms with Gasteiger partial charge in [0.2, 0.25) is 0 Å². The zero-order valence-electron chi connectivity index (χ0n) is 11.8. The van der Waals surface area contributed by atoms with E-state index in [0.717, 1.165) is 30.5 Å². The summed E-state index contributed by atoms with van der Waals surface area (Å²) in [7, 11) is 0. The topological polar surface area (TPSA) is 108 Å². The molecule has 0 amide bonds. The van der Waals surface area contributed by atoms with Gasteiger partial charge in [0.05, 0.1) is 11.1 Å². The van der Waals surface area contributed by atoms with Crippen LogP contribution >= 0.6 is 15.9 Å². The largest absolute Gasteiger partial charge is 0.394 e. The van der Waals surface area contributed by atoms with Gasteiger partial charge in [-0.25, -0.2) is 4.79 Å². The van der Waals surface area contributed by atoms with E-state index in [4.69, 9.17) is 9.84 Å². The molecule has 1 aromatic heterocycles. The molecular formula is C13H18BrN3O5. The Kier molecular flexibility index (Phi) is 4.51. The lowest BCUT2D eigenvalue weighted by molar-refractivity contribution is -0.0550. The van der Waals surface area contributed by atoms with E-state index >= 15 is 0 Å². The molecule has 3 rings (SSSR count). The number of aliphatic hydroxyl groups excluding tert-OH is 3. The van der Waals surface area contributed by atoms with Crippen molar-refractivity contribution in [3.05, 3.63) is 21.2 Å². The van der Waals surface area contributed by atoms with Gasteiger partial charge in [0.1, 0.15) is 24.1 Å². The summed E-state index contributed by atoms with van der Waals surface area (Å²) in [5.74, 6) is 0.575. The van der Waals surface area contributed by atoms with E-state index in [1.807, 2.05) is 4.90 Å². The average molecular weight is 376 g/mol. The molecule has 0 aliphatic carbocycles. The first-order valence-corrected chi connectivity index (χ1v) is 7.98. The van der Waals surface area contributed by atoms with E-state index in [-0.39, 0.29) is 0 Å². The highest BCUT2D eigenvalue weighted by Gasteiger charge is 2.44. The van der Waals surface area contributed by atoms with Crippen LogP contribution in [0.2, 0.25) is 0 Å². The Morgan fingerprint density at radius 1 is 1.32 bits per heavy atom. The van der Waals surface area contributed by atoms with Crippen molar-refractivity contribution < 1.29 is 20.1 Å². The third-order valence-electron chi connectivity index (χ3n) is 4.09. The first kappa shape index (κ1) is 15.9. The van der Waals surface area contributed by atoms with Crippen molar-refractivity contribution in [1.29, 1.82) is 0 Å². The summed E-state index contributed by atoms with van der Waals surface area (Å²) in [6, 6.07) is 0. The Morgan fingerprint density at radius 3 is 2.59 bits per heavy atom. The normalized spacial score (nSPS) is 31.9. The Balaban J connectivity index is 1.92. The van der Waals surface area contributed by atoms with Crippen LogP contribution in [-0.2, 0) is 4.74 Å². The number of hydrogen-bond donors (Lipinski definition) is 3. The standard InChI is InChI=1S/C13H18BrN3O5/c14-7-5-17(12-10(20)9(19)8(6-18)22-12)13(21)15-11(7)16-3-1-2-4-16/h5,8-10,12,18-20H,1-4,6H2/t8-,9-,10+,12-/m1/s1. The molecule has 0 unspecified atom stereocenters. The molecule has 1 aromatic rings. The second-order valence-corrected chi connectivity index (χ2v) is 6.38. The van der Waals surface area contributed by atoms with Gasteiger partial charge in [-0.05, 0) is 28.8 Å². The Hall–Kier alpha value is -1.00. The summed E-state index contributed by atoms with van der Waals surface area (Å²) in [5.41, 5.74) is -0.570. The first-order valence-electron chi connectivity index (χ1n) is 7.19. The lowest BCUT2D eigenvalue weighted by Gasteiger charge is -2.21. The smallest absolute Gasteiger partial charge is 0.351 e. The Morgan fingerprint density at radius 2 is 2.00 bits per heavy atom. The summed E-state index contributed by atoms with van der Waals surface area (Å²) >= 11 is 3.39. The van der Waals surface area contributed by atoms with Gasteiger partial charge in [-0.1, -0.05) is 0 Å². The number of ether oxygens (including phenoxy) is 1. The van der Waals surface area contributed by atoms with Gasteiger partial charge in [-0.2, -0.15) is 4.98 Å². The van der Waals surface area contributed by atoms with Crippen LogP contribution in [0.5, 0.6) is 0 Å². The predicted molar refractivity (Wildman–Crippen MR) is 80.7 cm³/mol. The second kappa shape index (κ2) is 6.25. The monoisotopic (exact) mass is 375 g/mol. The molecule has 0 radical (unpaired) electrons. The van der Waals surface area contributed by atoms with Gasteiger partial charge in [-0.15, -0.1) is 0 Å². The van der Waals surface area contributed by atoms with Gasteiger partial charge < -0.3 is 25.0 Å². The fourth-order valence-electron chi connectivity index (χ4n) is 2.88. The Labute approximate surface area is 135 Å². The number of aliphatic hydroxyl groups is 3. The third-order valence-corrected chi connectivity index (χ3v) is 4.64. The predicted octanol–water partition coefficient (Wildman–Crippen LogP) is -0.783. The fourth-order valence-corrected chi connectivity index (χ4v) is 3.44. The Bertz CT molecular complexity index is 604. The summed E-state index contributed by atoms with van der Waals surface area (Å²) in [4.78, 5) is 18.3. The van der Waals surface area contributed by atoms with Crippen molar-refractivity contribution in [2.75, 3.05) is 24.6 Å². The molecule has 0 aromatic carbocycles. The molecule has 2 aliphatic rings. The third kappa shape index (κ3) is 2.67. The molecule has 9 heteroatoms. The van der Waals surface area contributed by atoms with Crippen molar-refractivity contribution in [3.63, 3.8) is 0 Å². The highest BCUT2D eigenvalue weighted by Crippen LogP contribution is 2.31. The van der Waals surface area contributed by atoms with Crippen molar-refractivity contribution in [2.24, 2.45) is 0 Å². The number of aromatic nitrogens is 2. The zero-order chi connectivity index (χ0) is 15.9. The van der Waals surface area contributed by atoms with Crippen molar-refractivity contribution in [3.8, 4) is 0 Å². The molecule has 3 heterocycles. The quantitative estimate of drug-likeness (QED) is 0.635. The highest BCUT2D eigenvalue weighted by atomic mass is 79.9. The van der Waals surface area contributed by atoms with Crippen molar-refractivity contribution in [2.45, 2.75) is 37.4 Å². The minimum Gasteiger partial charge on any atom is -0.394 e. The zero-order valence-corrected chi connectivity index (χ0v) is 13.4. The molecule has 2 fully saturated rings. The molecule has 0 saturated carbocycles. The summed E-state index contributed by atoms with van der Waals surface area (Å²) in [6.45, 7) is 1.26. The lowest BCUT2D eigenvalue weighted by atomic mass is 10.1. The molecule has 8 nitrogen and oxygen atoms in total. The van der Waals surface area contributed by atoms with Crippen molar-refractivity contribution in [1.82, 2.24) is 9.55 Å². The molecule has 3 N–H and O–H groups in total. The maximum absolute atomic E-state index is 12.3.